The zero-order chi connectivity index (χ0) is 16.3. The third-order valence-corrected chi connectivity index (χ3v) is 3.62. The molecule has 22 heavy (non-hydrogen) atoms. The SMILES string of the molecule is C[C@H](CCO)NC(=O)C1CC1c1ccccc1OC(F)(F)F. The van der Waals surface area contributed by atoms with Gasteiger partial charge in [0.25, 0.3) is 0 Å². The first-order valence-corrected chi connectivity index (χ1v) is 7.07. The number of alkyl halides is 3. The molecule has 3 atom stereocenters. The van der Waals surface area contributed by atoms with E-state index in [-0.39, 0.29) is 36.1 Å². The molecule has 0 spiro atoms. The molecule has 1 amide bonds. The summed E-state index contributed by atoms with van der Waals surface area (Å²) in [5, 5.41) is 11.6. The summed E-state index contributed by atoms with van der Waals surface area (Å²) < 4.78 is 41.2. The highest BCUT2D eigenvalue weighted by Crippen LogP contribution is 2.51. The quantitative estimate of drug-likeness (QED) is 0.848. The summed E-state index contributed by atoms with van der Waals surface area (Å²) in [5.41, 5.74) is 0.398. The largest absolute Gasteiger partial charge is 0.573 e. The van der Waals surface area contributed by atoms with E-state index in [2.05, 4.69) is 10.1 Å². The van der Waals surface area contributed by atoms with Crippen molar-refractivity contribution in [2.24, 2.45) is 5.92 Å². The lowest BCUT2D eigenvalue weighted by molar-refractivity contribution is -0.274. The molecule has 0 aromatic heterocycles. The van der Waals surface area contributed by atoms with E-state index in [1.165, 1.54) is 12.1 Å². The first kappa shape index (κ1) is 16.6. The fraction of sp³-hybridized carbons (Fsp3) is 0.533. The molecule has 122 valence electrons. The molecule has 2 rings (SSSR count). The minimum absolute atomic E-state index is 0.0300. The molecule has 2 N–H and O–H groups in total. The van der Waals surface area contributed by atoms with Crippen molar-refractivity contribution < 1.29 is 27.8 Å². The molecule has 0 aliphatic heterocycles. The normalized spacial score (nSPS) is 22.0. The zero-order valence-corrected chi connectivity index (χ0v) is 12.1. The van der Waals surface area contributed by atoms with Crippen LogP contribution in [0.25, 0.3) is 0 Å². The van der Waals surface area contributed by atoms with Gasteiger partial charge in [0.15, 0.2) is 0 Å². The molecule has 1 aliphatic carbocycles. The Morgan fingerprint density at radius 1 is 1.45 bits per heavy atom. The molecule has 1 aliphatic rings. The molecule has 7 heteroatoms. The fourth-order valence-corrected chi connectivity index (χ4v) is 2.45. The Morgan fingerprint density at radius 2 is 2.14 bits per heavy atom. The number of benzene rings is 1. The van der Waals surface area contributed by atoms with Gasteiger partial charge in [0.05, 0.1) is 0 Å². The van der Waals surface area contributed by atoms with E-state index in [0.717, 1.165) is 0 Å². The van der Waals surface area contributed by atoms with Gasteiger partial charge in [0, 0.05) is 18.6 Å². The second-order valence-corrected chi connectivity index (χ2v) is 5.46. The third kappa shape index (κ3) is 4.37. The summed E-state index contributed by atoms with van der Waals surface area (Å²) in [4.78, 5) is 12.0. The highest BCUT2D eigenvalue weighted by Gasteiger charge is 2.46. The molecular formula is C15H18F3NO3. The summed E-state index contributed by atoms with van der Waals surface area (Å²) in [6, 6.07) is 5.73. The summed E-state index contributed by atoms with van der Waals surface area (Å²) in [6.45, 7) is 1.74. The highest BCUT2D eigenvalue weighted by molar-refractivity contribution is 5.83. The van der Waals surface area contributed by atoms with Crippen LogP contribution >= 0.6 is 0 Å². The Morgan fingerprint density at radius 3 is 2.77 bits per heavy atom. The van der Waals surface area contributed by atoms with Gasteiger partial charge in [-0.15, -0.1) is 13.2 Å². The van der Waals surface area contributed by atoms with Crippen molar-refractivity contribution >= 4 is 5.91 Å². The maximum Gasteiger partial charge on any atom is 0.573 e. The summed E-state index contributed by atoms with van der Waals surface area (Å²) in [6.07, 6.45) is -3.81. The molecule has 1 fully saturated rings. The van der Waals surface area contributed by atoms with Crippen LogP contribution in [-0.2, 0) is 4.79 Å². The maximum absolute atomic E-state index is 12.4. The van der Waals surface area contributed by atoms with Crippen LogP contribution in [-0.4, -0.2) is 30.0 Å². The molecule has 4 nitrogen and oxygen atoms in total. The monoisotopic (exact) mass is 317 g/mol. The van der Waals surface area contributed by atoms with E-state index in [1.807, 2.05) is 0 Å². The number of aliphatic hydroxyl groups is 1. The Kier molecular flexibility index (Phi) is 4.95. The van der Waals surface area contributed by atoms with Crippen LogP contribution in [0.15, 0.2) is 24.3 Å². The Labute approximate surface area is 126 Å². The number of rotatable bonds is 6. The molecule has 1 aromatic carbocycles. The lowest BCUT2D eigenvalue weighted by Crippen LogP contribution is -2.34. The number of hydrogen-bond acceptors (Lipinski definition) is 3. The van der Waals surface area contributed by atoms with Gasteiger partial charge in [-0.25, -0.2) is 0 Å². The molecule has 1 aromatic rings. The number of hydrogen-bond donors (Lipinski definition) is 2. The average molecular weight is 317 g/mol. The molecule has 1 saturated carbocycles. The standard InChI is InChI=1S/C15H18F3NO3/c1-9(6-7-20)19-14(21)12-8-11(12)10-4-2-3-5-13(10)22-15(16,17)18/h2-5,9,11-12,20H,6-8H2,1H3,(H,19,21)/t9-,11?,12?/m1/s1. The molecule has 2 unspecified atom stereocenters. The van der Waals surface area contributed by atoms with Crippen LogP contribution in [0.2, 0.25) is 0 Å². The molecular weight excluding hydrogens is 299 g/mol. The van der Waals surface area contributed by atoms with Crippen molar-refractivity contribution in [2.45, 2.75) is 38.1 Å². The smallest absolute Gasteiger partial charge is 0.405 e. The van der Waals surface area contributed by atoms with Gasteiger partial charge in [-0.1, -0.05) is 18.2 Å². The van der Waals surface area contributed by atoms with Gasteiger partial charge in [-0.2, -0.15) is 0 Å². The van der Waals surface area contributed by atoms with Crippen LogP contribution in [0.3, 0.4) is 0 Å². The van der Waals surface area contributed by atoms with Crippen molar-refractivity contribution in [1.29, 1.82) is 0 Å². The number of aliphatic hydroxyl groups excluding tert-OH is 1. The van der Waals surface area contributed by atoms with Gasteiger partial charge in [0.2, 0.25) is 5.91 Å². The Balaban J connectivity index is 2.02. The number of para-hydroxylation sites is 1. The average Bonchev–Trinajstić information content (AvgIpc) is 3.18. The number of nitrogens with one attached hydrogen (secondary N) is 1. The van der Waals surface area contributed by atoms with Gasteiger partial charge in [-0.3, -0.25) is 4.79 Å². The van der Waals surface area contributed by atoms with Crippen molar-refractivity contribution in [1.82, 2.24) is 5.32 Å². The highest BCUT2D eigenvalue weighted by atomic mass is 19.4. The molecule has 0 heterocycles. The van der Waals surface area contributed by atoms with E-state index in [9.17, 15) is 18.0 Å². The topological polar surface area (TPSA) is 58.6 Å². The molecule has 0 bridgehead atoms. The van der Waals surface area contributed by atoms with Gasteiger partial charge in [0.1, 0.15) is 5.75 Å². The van der Waals surface area contributed by atoms with Crippen molar-refractivity contribution in [3.63, 3.8) is 0 Å². The van der Waals surface area contributed by atoms with Crippen LogP contribution < -0.4 is 10.1 Å². The zero-order valence-electron chi connectivity index (χ0n) is 12.1. The number of halogens is 3. The first-order chi connectivity index (χ1) is 10.3. The number of amides is 1. The second-order valence-electron chi connectivity index (χ2n) is 5.46. The number of carbonyl (C=O) groups excluding carboxylic acids is 1. The van der Waals surface area contributed by atoms with Crippen molar-refractivity contribution in [2.75, 3.05) is 6.61 Å². The lowest BCUT2D eigenvalue weighted by Gasteiger charge is -2.14. The van der Waals surface area contributed by atoms with E-state index >= 15 is 0 Å². The van der Waals surface area contributed by atoms with E-state index in [1.54, 1.807) is 19.1 Å². The van der Waals surface area contributed by atoms with E-state index in [0.29, 0.717) is 18.4 Å². The predicted molar refractivity (Wildman–Crippen MR) is 73.3 cm³/mol. The maximum atomic E-state index is 12.4. The van der Waals surface area contributed by atoms with Gasteiger partial charge in [-0.05, 0) is 37.3 Å². The van der Waals surface area contributed by atoms with Crippen molar-refractivity contribution in [3.05, 3.63) is 29.8 Å². The fourth-order valence-electron chi connectivity index (χ4n) is 2.45. The molecule has 0 radical (unpaired) electrons. The van der Waals surface area contributed by atoms with Crippen LogP contribution in [0.1, 0.15) is 31.2 Å². The third-order valence-electron chi connectivity index (χ3n) is 3.62. The number of ether oxygens (including phenoxy) is 1. The minimum Gasteiger partial charge on any atom is -0.405 e. The Bertz CT molecular complexity index is 533. The minimum atomic E-state index is -4.75. The molecule has 0 saturated heterocycles. The number of carbonyl (C=O) groups is 1. The van der Waals surface area contributed by atoms with Crippen LogP contribution in [0.5, 0.6) is 5.75 Å². The Hall–Kier alpha value is -1.76. The lowest BCUT2D eigenvalue weighted by atomic mass is 10.1. The van der Waals surface area contributed by atoms with Gasteiger partial charge < -0.3 is 15.2 Å². The summed E-state index contributed by atoms with van der Waals surface area (Å²) in [7, 11) is 0. The van der Waals surface area contributed by atoms with Crippen LogP contribution in [0, 0.1) is 5.92 Å². The van der Waals surface area contributed by atoms with Crippen LogP contribution in [0.4, 0.5) is 13.2 Å². The first-order valence-electron chi connectivity index (χ1n) is 7.07. The summed E-state index contributed by atoms with van der Waals surface area (Å²) >= 11 is 0. The van der Waals surface area contributed by atoms with E-state index < -0.39 is 6.36 Å². The predicted octanol–water partition coefficient (Wildman–Crippen LogP) is 2.58. The van der Waals surface area contributed by atoms with Crippen molar-refractivity contribution in [3.8, 4) is 5.75 Å². The summed E-state index contributed by atoms with van der Waals surface area (Å²) in [5.74, 6) is -1.06. The second kappa shape index (κ2) is 6.56. The van der Waals surface area contributed by atoms with Gasteiger partial charge >= 0.3 is 6.36 Å². The van der Waals surface area contributed by atoms with E-state index in [4.69, 9.17) is 5.11 Å².